The van der Waals surface area contributed by atoms with Crippen molar-refractivity contribution in [3.63, 3.8) is 0 Å². The van der Waals surface area contributed by atoms with Crippen LogP contribution in [0.25, 0.3) is 0 Å². The van der Waals surface area contributed by atoms with Gasteiger partial charge >= 0.3 is 5.97 Å². The fourth-order valence-electron chi connectivity index (χ4n) is 5.38. The molecule has 4 aliphatic rings. The van der Waals surface area contributed by atoms with Gasteiger partial charge in [0.05, 0.1) is 6.61 Å². The van der Waals surface area contributed by atoms with Crippen LogP contribution in [0, 0.1) is 35.0 Å². The molecule has 6 atom stereocenters. The lowest BCUT2D eigenvalue weighted by Gasteiger charge is -2.64. The van der Waals surface area contributed by atoms with Crippen LogP contribution in [-0.2, 0) is 14.3 Å². The molecule has 3 heteroatoms. The van der Waals surface area contributed by atoms with E-state index in [4.69, 9.17) is 4.74 Å². The third-order valence-corrected chi connectivity index (χ3v) is 6.81. The Balaban J connectivity index is 1.59. The summed E-state index contributed by atoms with van der Waals surface area (Å²) in [6.07, 6.45) is 9.66. The van der Waals surface area contributed by atoms with Crippen LogP contribution in [0.5, 0.6) is 0 Å². The van der Waals surface area contributed by atoms with Crippen molar-refractivity contribution in [3.05, 3.63) is 23.8 Å². The minimum absolute atomic E-state index is 0.0741. The van der Waals surface area contributed by atoms with E-state index in [1.165, 1.54) is 12.0 Å². The number of hydrogen-bond donors (Lipinski definition) is 0. The maximum atomic E-state index is 11.7. The molecule has 4 aliphatic carbocycles. The predicted molar refractivity (Wildman–Crippen MR) is 94.2 cm³/mol. The maximum absolute atomic E-state index is 11.7. The average Bonchev–Trinajstić information content (AvgIpc) is 2.56. The number of esters is 1. The van der Waals surface area contributed by atoms with Gasteiger partial charge in [-0.2, -0.15) is 0 Å². The quantitative estimate of drug-likeness (QED) is 0.681. The van der Waals surface area contributed by atoms with Gasteiger partial charge in [0.2, 0.25) is 0 Å². The minimum Gasteiger partial charge on any atom is -0.465 e. The summed E-state index contributed by atoms with van der Waals surface area (Å²) in [5, 5.41) is 0. The molecule has 0 heterocycles. The molecule has 0 aliphatic heterocycles. The smallest absolute Gasteiger partial charge is 0.305 e. The van der Waals surface area contributed by atoms with Crippen LogP contribution >= 0.6 is 0 Å². The van der Waals surface area contributed by atoms with Crippen LogP contribution < -0.4 is 0 Å². The van der Waals surface area contributed by atoms with Gasteiger partial charge in [0.1, 0.15) is 0 Å². The van der Waals surface area contributed by atoms with Gasteiger partial charge in [-0.15, -0.1) is 0 Å². The Kier molecular flexibility index (Phi) is 4.72. The molecule has 0 amide bonds. The van der Waals surface area contributed by atoms with Gasteiger partial charge in [-0.05, 0) is 61.0 Å². The SMILES string of the molecule is CCC(=O)OC[C@@H](C)CC[C@@H]1C2CC3=CC(=O)C=C[C@]3(C)[C@@H]1[C@H]2C. The van der Waals surface area contributed by atoms with Crippen LogP contribution in [0.2, 0.25) is 0 Å². The fraction of sp³-hybridized carbons (Fsp3) is 0.714. The molecular weight excluding hydrogens is 300 g/mol. The van der Waals surface area contributed by atoms with Gasteiger partial charge in [-0.1, -0.05) is 39.3 Å². The van der Waals surface area contributed by atoms with E-state index in [9.17, 15) is 9.59 Å². The second kappa shape index (κ2) is 6.50. The van der Waals surface area contributed by atoms with Crippen LogP contribution in [0.1, 0.15) is 53.4 Å². The van der Waals surface area contributed by atoms with E-state index in [-0.39, 0.29) is 17.2 Å². The van der Waals surface area contributed by atoms with E-state index in [1.54, 1.807) is 6.08 Å². The van der Waals surface area contributed by atoms with Crippen LogP contribution in [0.15, 0.2) is 23.8 Å². The first-order valence-corrected chi connectivity index (χ1v) is 9.46. The molecule has 0 saturated heterocycles. The Morgan fingerprint density at radius 3 is 2.92 bits per heavy atom. The minimum atomic E-state index is -0.102. The summed E-state index contributed by atoms with van der Waals surface area (Å²) in [5.74, 6) is 3.32. The molecule has 0 aromatic carbocycles. The molecular formula is C21H30O3. The number of rotatable bonds is 6. The third-order valence-electron chi connectivity index (χ3n) is 6.81. The second-order valence-corrected chi connectivity index (χ2v) is 8.32. The van der Waals surface area contributed by atoms with Gasteiger partial charge in [0.25, 0.3) is 0 Å². The monoisotopic (exact) mass is 330 g/mol. The lowest BCUT2D eigenvalue weighted by atomic mass is 9.40. The van der Waals surface area contributed by atoms with E-state index in [0.29, 0.717) is 24.9 Å². The summed E-state index contributed by atoms with van der Waals surface area (Å²) in [4.78, 5) is 23.0. The fourth-order valence-corrected chi connectivity index (χ4v) is 5.38. The highest BCUT2D eigenvalue weighted by Crippen LogP contribution is 2.66. The second-order valence-electron chi connectivity index (χ2n) is 8.32. The van der Waals surface area contributed by atoms with E-state index in [0.717, 1.165) is 30.6 Å². The number of carbonyl (C=O) groups is 2. The molecule has 0 aromatic rings. The first-order chi connectivity index (χ1) is 11.4. The third kappa shape index (κ3) is 2.87. The summed E-state index contributed by atoms with van der Waals surface area (Å²) in [6.45, 7) is 9.24. The summed E-state index contributed by atoms with van der Waals surface area (Å²) in [6, 6.07) is 0. The van der Waals surface area contributed by atoms with Crippen molar-refractivity contribution in [2.45, 2.75) is 53.4 Å². The molecule has 3 nitrogen and oxygen atoms in total. The normalized spacial score (nSPS) is 38.0. The number of hydrogen-bond acceptors (Lipinski definition) is 3. The van der Waals surface area contributed by atoms with Gasteiger partial charge in [-0.25, -0.2) is 0 Å². The van der Waals surface area contributed by atoms with E-state index in [2.05, 4.69) is 26.8 Å². The molecule has 2 bridgehead atoms. The molecule has 1 unspecified atom stereocenters. The summed E-state index contributed by atoms with van der Waals surface area (Å²) in [5.41, 5.74) is 1.43. The molecule has 0 N–H and O–H groups in total. The molecule has 3 saturated carbocycles. The van der Waals surface area contributed by atoms with E-state index >= 15 is 0 Å². The molecule has 24 heavy (non-hydrogen) atoms. The van der Waals surface area contributed by atoms with Crippen LogP contribution in [0.4, 0.5) is 0 Å². The average molecular weight is 330 g/mol. The zero-order valence-electron chi connectivity index (χ0n) is 15.4. The Morgan fingerprint density at radius 2 is 2.21 bits per heavy atom. The summed E-state index contributed by atoms with van der Waals surface area (Å²) < 4.78 is 5.27. The Bertz CT molecular complexity index is 588. The van der Waals surface area contributed by atoms with E-state index in [1.807, 2.05) is 13.0 Å². The highest BCUT2D eigenvalue weighted by Gasteiger charge is 2.60. The van der Waals surface area contributed by atoms with Crippen molar-refractivity contribution in [1.29, 1.82) is 0 Å². The van der Waals surface area contributed by atoms with Gasteiger partial charge in [-0.3, -0.25) is 9.59 Å². The van der Waals surface area contributed by atoms with Crippen molar-refractivity contribution < 1.29 is 14.3 Å². The lowest BCUT2D eigenvalue weighted by Crippen LogP contribution is -2.58. The Morgan fingerprint density at radius 1 is 1.46 bits per heavy atom. The standard InChI is InChI=1S/C21H30O3/c1-5-19(23)24-12-13(2)6-7-17-18-11-15-10-16(22)8-9-21(15,4)20(17)14(18)3/h8-10,13-14,17-18,20H,5-7,11-12H2,1-4H3/t13-,14-,17+,18?,20+,21-/m0/s1. The lowest BCUT2D eigenvalue weighted by molar-refractivity contribution is -0.144. The number of allylic oxidation sites excluding steroid dienone is 4. The summed E-state index contributed by atoms with van der Waals surface area (Å²) in [7, 11) is 0. The number of carbonyl (C=O) groups excluding carboxylic acids is 2. The first-order valence-electron chi connectivity index (χ1n) is 9.46. The molecule has 3 fully saturated rings. The molecule has 132 valence electrons. The topological polar surface area (TPSA) is 43.4 Å². The molecule has 0 aromatic heterocycles. The van der Waals surface area contributed by atoms with Crippen molar-refractivity contribution in [3.8, 4) is 0 Å². The van der Waals surface area contributed by atoms with Crippen molar-refractivity contribution in [1.82, 2.24) is 0 Å². The zero-order chi connectivity index (χ0) is 17.5. The van der Waals surface area contributed by atoms with Crippen molar-refractivity contribution in [2.24, 2.45) is 35.0 Å². The van der Waals surface area contributed by atoms with Crippen molar-refractivity contribution in [2.75, 3.05) is 6.61 Å². The Labute approximate surface area is 145 Å². The highest BCUT2D eigenvalue weighted by molar-refractivity contribution is 6.01. The number of ether oxygens (including phenoxy) is 1. The summed E-state index contributed by atoms with van der Waals surface area (Å²) >= 11 is 0. The Hall–Kier alpha value is -1.38. The molecule has 0 radical (unpaired) electrons. The van der Waals surface area contributed by atoms with Crippen LogP contribution in [-0.4, -0.2) is 18.4 Å². The van der Waals surface area contributed by atoms with Gasteiger partial charge in [0, 0.05) is 11.8 Å². The zero-order valence-corrected chi connectivity index (χ0v) is 15.4. The van der Waals surface area contributed by atoms with E-state index < -0.39 is 0 Å². The first kappa shape index (κ1) is 17.4. The van der Waals surface area contributed by atoms with Gasteiger partial charge < -0.3 is 4.74 Å². The molecule has 4 rings (SSSR count). The van der Waals surface area contributed by atoms with Gasteiger partial charge in [0.15, 0.2) is 5.78 Å². The maximum Gasteiger partial charge on any atom is 0.305 e. The largest absolute Gasteiger partial charge is 0.465 e. The molecule has 0 spiro atoms. The number of ketones is 1. The highest BCUT2D eigenvalue weighted by atomic mass is 16.5. The predicted octanol–water partition coefficient (Wildman–Crippen LogP) is 4.33. The van der Waals surface area contributed by atoms with Crippen LogP contribution in [0.3, 0.4) is 0 Å². The van der Waals surface area contributed by atoms with Crippen molar-refractivity contribution >= 4 is 11.8 Å².